The highest BCUT2D eigenvalue weighted by atomic mass is 32.2. The Labute approximate surface area is 206 Å². The van der Waals surface area contributed by atoms with Gasteiger partial charge in [0.1, 0.15) is 11.6 Å². The Morgan fingerprint density at radius 2 is 1.83 bits per heavy atom. The van der Waals surface area contributed by atoms with E-state index in [2.05, 4.69) is 15.5 Å². The lowest BCUT2D eigenvalue weighted by Gasteiger charge is -2.15. The number of amides is 1. The zero-order valence-electron chi connectivity index (χ0n) is 19.0. The van der Waals surface area contributed by atoms with E-state index in [4.69, 9.17) is 9.47 Å². The Bertz CT molecular complexity index is 1330. The number of aromatic nitrogens is 3. The van der Waals surface area contributed by atoms with Gasteiger partial charge in [-0.1, -0.05) is 48.2 Å². The summed E-state index contributed by atoms with van der Waals surface area (Å²) >= 11 is 1.28. The average Bonchev–Trinajstić information content (AvgIpc) is 3.50. The largest absolute Gasteiger partial charge is 0.454 e. The lowest BCUT2D eigenvalue weighted by molar-refractivity contribution is -0.119. The van der Waals surface area contributed by atoms with Crippen LogP contribution in [0.2, 0.25) is 0 Å². The molecule has 0 bridgehead atoms. The van der Waals surface area contributed by atoms with E-state index in [-0.39, 0.29) is 30.3 Å². The van der Waals surface area contributed by atoms with E-state index in [1.54, 1.807) is 12.1 Å². The van der Waals surface area contributed by atoms with Gasteiger partial charge in [0.2, 0.25) is 12.7 Å². The van der Waals surface area contributed by atoms with Crippen molar-refractivity contribution in [2.75, 3.05) is 12.5 Å². The molecule has 0 fully saturated rings. The van der Waals surface area contributed by atoms with Crippen LogP contribution in [0.1, 0.15) is 29.9 Å². The SMILES string of the molecule is CC(NC(=O)CSc1nnc(Cc2ccccc2)n1-c1ccc(F)cc1)c1ccc2c(c1)OCO2. The number of carbonyl (C=O) groups is 1. The van der Waals surface area contributed by atoms with Crippen LogP contribution in [0.4, 0.5) is 4.39 Å². The van der Waals surface area contributed by atoms with Crippen LogP contribution >= 0.6 is 11.8 Å². The van der Waals surface area contributed by atoms with Gasteiger partial charge in [-0.05, 0) is 54.4 Å². The second-order valence-corrected chi connectivity index (χ2v) is 9.01. The van der Waals surface area contributed by atoms with Gasteiger partial charge in [0.15, 0.2) is 16.7 Å². The van der Waals surface area contributed by atoms with Gasteiger partial charge in [0, 0.05) is 12.1 Å². The molecule has 7 nitrogen and oxygen atoms in total. The van der Waals surface area contributed by atoms with Crippen molar-refractivity contribution in [2.24, 2.45) is 0 Å². The Morgan fingerprint density at radius 3 is 2.63 bits per heavy atom. The molecule has 2 heterocycles. The number of nitrogens with one attached hydrogen (secondary N) is 1. The summed E-state index contributed by atoms with van der Waals surface area (Å²) in [6.07, 6.45) is 0.555. The predicted octanol–water partition coefficient (Wildman–Crippen LogP) is 4.70. The Balaban J connectivity index is 1.30. The number of thioether (sulfide) groups is 1. The van der Waals surface area contributed by atoms with Crippen LogP contribution < -0.4 is 14.8 Å². The molecule has 1 unspecified atom stereocenters. The van der Waals surface area contributed by atoms with E-state index in [1.807, 2.05) is 60.0 Å². The topological polar surface area (TPSA) is 78.3 Å². The Hall–Kier alpha value is -3.85. The summed E-state index contributed by atoms with van der Waals surface area (Å²) in [6.45, 7) is 2.12. The molecule has 1 aliphatic heterocycles. The second kappa shape index (κ2) is 10.2. The molecule has 1 aliphatic rings. The third kappa shape index (κ3) is 5.30. The summed E-state index contributed by atoms with van der Waals surface area (Å²) in [4.78, 5) is 12.7. The minimum absolute atomic E-state index is 0.140. The normalized spacial score (nSPS) is 13.0. The molecule has 0 spiro atoms. The number of nitrogens with zero attached hydrogens (tertiary/aromatic N) is 3. The van der Waals surface area contributed by atoms with Crippen molar-refractivity contribution >= 4 is 17.7 Å². The van der Waals surface area contributed by atoms with Gasteiger partial charge >= 0.3 is 0 Å². The van der Waals surface area contributed by atoms with Crippen molar-refractivity contribution in [1.29, 1.82) is 0 Å². The number of ether oxygens (including phenoxy) is 2. The minimum atomic E-state index is -0.322. The molecule has 5 rings (SSSR count). The van der Waals surface area contributed by atoms with Crippen LogP contribution in [-0.2, 0) is 11.2 Å². The highest BCUT2D eigenvalue weighted by Crippen LogP contribution is 2.34. The fourth-order valence-corrected chi connectivity index (χ4v) is 4.60. The molecule has 3 aromatic carbocycles. The standard InChI is InChI=1S/C26H23FN4O3S/c1-17(19-7-12-22-23(14-19)34-16-33-22)28-25(32)15-35-26-30-29-24(13-18-5-3-2-4-6-18)31(26)21-10-8-20(27)9-11-21/h2-12,14,17H,13,15-16H2,1H3,(H,28,32). The summed E-state index contributed by atoms with van der Waals surface area (Å²) in [7, 11) is 0. The van der Waals surface area contributed by atoms with Crippen LogP contribution in [0.5, 0.6) is 11.5 Å². The zero-order valence-corrected chi connectivity index (χ0v) is 19.8. The molecule has 0 saturated heterocycles. The lowest BCUT2D eigenvalue weighted by atomic mass is 10.1. The van der Waals surface area contributed by atoms with Gasteiger partial charge in [0.05, 0.1) is 11.8 Å². The molecule has 0 aliphatic carbocycles. The van der Waals surface area contributed by atoms with Crippen LogP contribution in [0.3, 0.4) is 0 Å². The van der Waals surface area contributed by atoms with Crippen LogP contribution in [0, 0.1) is 5.82 Å². The van der Waals surface area contributed by atoms with Gasteiger partial charge < -0.3 is 14.8 Å². The molecular weight excluding hydrogens is 467 g/mol. The summed E-state index contributed by atoms with van der Waals surface area (Å²) in [5, 5.41) is 12.3. The Morgan fingerprint density at radius 1 is 1.06 bits per heavy atom. The fraction of sp³-hybridized carbons (Fsp3) is 0.192. The monoisotopic (exact) mass is 490 g/mol. The van der Waals surface area contributed by atoms with Crippen molar-refractivity contribution < 1.29 is 18.7 Å². The lowest BCUT2D eigenvalue weighted by Crippen LogP contribution is -2.28. The van der Waals surface area contributed by atoms with E-state index >= 15 is 0 Å². The third-order valence-electron chi connectivity index (χ3n) is 5.60. The number of halogens is 1. The van der Waals surface area contributed by atoms with E-state index in [9.17, 15) is 9.18 Å². The van der Waals surface area contributed by atoms with E-state index in [0.717, 1.165) is 16.8 Å². The van der Waals surface area contributed by atoms with Gasteiger partial charge in [0.25, 0.3) is 0 Å². The number of hydrogen-bond acceptors (Lipinski definition) is 6. The Kier molecular flexibility index (Phi) is 6.67. The zero-order chi connectivity index (χ0) is 24.2. The van der Waals surface area contributed by atoms with Crippen molar-refractivity contribution in [3.05, 3.63) is 95.6 Å². The summed E-state index contributed by atoms with van der Waals surface area (Å²) in [6, 6.07) is 21.5. The number of carbonyl (C=O) groups excluding carboxylic acids is 1. The van der Waals surface area contributed by atoms with Gasteiger partial charge in [-0.15, -0.1) is 10.2 Å². The molecular formula is C26H23FN4O3S. The highest BCUT2D eigenvalue weighted by Gasteiger charge is 2.19. The quantitative estimate of drug-likeness (QED) is 0.361. The maximum atomic E-state index is 13.6. The van der Waals surface area contributed by atoms with Gasteiger partial charge in [-0.25, -0.2) is 4.39 Å². The average molecular weight is 491 g/mol. The first-order valence-corrected chi connectivity index (χ1v) is 12.1. The molecule has 35 heavy (non-hydrogen) atoms. The van der Waals surface area contributed by atoms with Gasteiger partial charge in [-0.3, -0.25) is 9.36 Å². The second-order valence-electron chi connectivity index (χ2n) is 8.06. The first-order valence-electron chi connectivity index (χ1n) is 11.1. The molecule has 1 aromatic heterocycles. The fourth-order valence-electron chi connectivity index (χ4n) is 3.82. The van der Waals surface area contributed by atoms with E-state index in [0.29, 0.717) is 28.9 Å². The highest BCUT2D eigenvalue weighted by molar-refractivity contribution is 7.99. The minimum Gasteiger partial charge on any atom is -0.454 e. The predicted molar refractivity (Wildman–Crippen MR) is 130 cm³/mol. The van der Waals surface area contributed by atoms with Crippen LogP contribution in [0.15, 0.2) is 78.0 Å². The summed E-state index contributed by atoms with van der Waals surface area (Å²) in [5.41, 5.74) is 2.74. The number of benzene rings is 3. The maximum absolute atomic E-state index is 13.6. The molecule has 178 valence electrons. The van der Waals surface area contributed by atoms with Crippen molar-refractivity contribution in [2.45, 2.75) is 24.5 Å². The molecule has 4 aromatic rings. The molecule has 1 atom stereocenters. The van der Waals surface area contributed by atoms with Gasteiger partial charge in [-0.2, -0.15) is 0 Å². The van der Waals surface area contributed by atoms with Crippen molar-refractivity contribution in [1.82, 2.24) is 20.1 Å². The van der Waals surface area contributed by atoms with Crippen molar-refractivity contribution in [3.63, 3.8) is 0 Å². The first-order chi connectivity index (χ1) is 17.1. The summed E-state index contributed by atoms with van der Waals surface area (Å²) in [5.74, 6) is 1.78. The maximum Gasteiger partial charge on any atom is 0.231 e. The molecule has 9 heteroatoms. The number of rotatable bonds is 8. The van der Waals surface area contributed by atoms with Crippen LogP contribution in [-0.4, -0.2) is 33.2 Å². The number of fused-ring (bicyclic) bond motifs is 1. The first kappa shape index (κ1) is 22.9. The molecule has 0 saturated carbocycles. The molecule has 1 N–H and O–H groups in total. The van der Waals surface area contributed by atoms with Crippen molar-refractivity contribution in [3.8, 4) is 17.2 Å². The summed E-state index contributed by atoms with van der Waals surface area (Å²) < 4.78 is 26.2. The van der Waals surface area contributed by atoms with Crippen LogP contribution in [0.25, 0.3) is 5.69 Å². The number of hydrogen-bond donors (Lipinski definition) is 1. The smallest absolute Gasteiger partial charge is 0.231 e. The van der Waals surface area contributed by atoms with E-state index < -0.39 is 0 Å². The van der Waals surface area contributed by atoms with E-state index in [1.165, 1.54) is 23.9 Å². The molecule has 1 amide bonds. The molecule has 0 radical (unpaired) electrons. The third-order valence-corrected chi connectivity index (χ3v) is 6.53.